The second kappa shape index (κ2) is 6.64. The molecule has 2 N–H and O–H groups in total. The van der Waals surface area contributed by atoms with Crippen LogP contribution in [0.4, 0.5) is 0 Å². The molecular weight excluding hydrogens is 292 g/mol. The molecule has 0 atom stereocenters. The van der Waals surface area contributed by atoms with Crippen LogP contribution in [0.1, 0.15) is 31.1 Å². The standard InChI is InChI=1S/C17H22N4O2/c1-17(2,3)19-14(22)11-21(4)16(23)13-10-18-20-15(13)12-8-6-5-7-9-12/h5-10H,11H2,1-4H3,(H,18,20)(H,19,22). The van der Waals surface area contributed by atoms with Gasteiger partial charge in [-0.3, -0.25) is 14.7 Å². The predicted molar refractivity (Wildman–Crippen MR) is 88.9 cm³/mol. The van der Waals surface area contributed by atoms with Gasteiger partial charge in [0.1, 0.15) is 0 Å². The fourth-order valence-corrected chi connectivity index (χ4v) is 2.22. The highest BCUT2D eigenvalue weighted by Gasteiger charge is 2.22. The second-order valence-electron chi connectivity index (χ2n) is 6.48. The Balaban J connectivity index is 2.12. The van der Waals surface area contributed by atoms with Crippen molar-refractivity contribution in [3.8, 4) is 11.3 Å². The molecule has 0 saturated heterocycles. The fourth-order valence-electron chi connectivity index (χ4n) is 2.22. The molecule has 0 unspecified atom stereocenters. The molecule has 0 fully saturated rings. The van der Waals surface area contributed by atoms with Crippen LogP contribution in [0.25, 0.3) is 11.3 Å². The van der Waals surface area contributed by atoms with Crippen LogP contribution in [-0.2, 0) is 4.79 Å². The molecule has 1 aromatic carbocycles. The van der Waals surface area contributed by atoms with Gasteiger partial charge in [-0.15, -0.1) is 0 Å². The van der Waals surface area contributed by atoms with Crippen molar-refractivity contribution in [2.75, 3.05) is 13.6 Å². The molecule has 2 amide bonds. The van der Waals surface area contributed by atoms with Gasteiger partial charge in [-0.25, -0.2) is 0 Å². The number of likely N-dealkylation sites (N-methyl/N-ethyl adjacent to an activating group) is 1. The van der Waals surface area contributed by atoms with E-state index in [4.69, 9.17) is 0 Å². The Hall–Kier alpha value is -2.63. The van der Waals surface area contributed by atoms with E-state index >= 15 is 0 Å². The number of carbonyl (C=O) groups is 2. The number of amides is 2. The van der Waals surface area contributed by atoms with Crippen LogP contribution in [-0.4, -0.2) is 46.0 Å². The number of aromatic amines is 1. The summed E-state index contributed by atoms with van der Waals surface area (Å²) in [5.41, 5.74) is 1.65. The third kappa shape index (κ3) is 4.42. The van der Waals surface area contributed by atoms with Crippen LogP contribution in [0.3, 0.4) is 0 Å². The molecule has 0 bridgehead atoms. The summed E-state index contributed by atoms with van der Waals surface area (Å²) in [7, 11) is 1.60. The highest BCUT2D eigenvalue weighted by molar-refractivity contribution is 6.01. The van der Waals surface area contributed by atoms with Gasteiger partial charge in [0.25, 0.3) is 5.91 Å². The van der Waals surface area contributed by atoms with Crippen LogP contribution < -0.4 is 5.32 Å². The van der Waals surface area contributed by atoms with Gasteiger partial charge in [0.05, 0.1) is 24.0 Å². The molecule has 2 aromatic rings. The molecule has 6 nitrogen and oxygen atoms in total. The van der Waals surface area contributed by atoms with Crippen molar-refractivity contribution in [3.05, 3.63) is 42.1 Å². The quantitative estimate of drug-likeness (QED) is 0.907. The first kappa shape index (κ1) is 16.7. The molecule has 122 valence electrons. The van der Waals surface area contributed by atoms with E-state index < -0.39 is 0 Å². The first-order chi connectivity index (χ1) is 10.8. The minimum absolute atomic E-state index is 0.00445. The topological polar surface area (TPSA) is 78.1 Å². The summed E-state index contributed by atoms with van der Waals surface area (Å²) >= 11 is 0. The van der Waals surface area contributed by atoms with E-state index in [0.717, 1.165) is 5.56 Å². The molecule has 2 rings (SSSR count). The Labute approximate surface area is 135 Å². The summed E-state index contributed by atoms with van der Waals surface area (Å²) in [5.74, 6) is -0.445. The fraction of sp³-hybridized carbons (Fsp3) is 0.353. The van der Waals surface area contributed by atoms with Crippen molar-refractivity contribution < 1.29 is 9.59 Å². The molecule has 6 heteroatoms. The Morgan fingerprint density at radius 2 is 1.87 bits per heavy atom. The summed E-state index contributed by atoms with van der Waals surface area (Å²) in [6.45, 7) is 5.69. The lowest BCUT2D eigenvalue weighted by atomic mass is 10.1. The number of carbonyl (C=O) groups excluding carboxylic acids is 2. The maximum atomic E-state index is 12.6. The predicted octanol–water partition coefficient (Wildman–Crippen LogP) is 2.06. The SMILES string of the molecule is CN(CC(=O)NC(C)(C)C)C(=O)c1cn[nH]c1-c1ccccc1. The van der Waals surface area contributed by atoms with E-state index in [9.17, 15) is 9.59 Å². The van der Waals surface area contributed by atoms with E-state index in [0.29, 0.717) is 11.3 Å². The summed E-state index contributed by atoms with van der Waals surface area (Å²) in [6.07, 6.45) is 1.49. The molecule has 0 aliphatic rings. The molecule has 1 aromatic heterocycles. The Morgan fingerprint density at radius 3 is 2.48 bits per heavy atom. The number of nitrogens with zero attached hydrogens (tertiary/aromatic N) is 2. The van der Waals surface area contributed by atoms with Gasteiger partial charge < -0.3 is 10.2 Å². The monoisotopic (exact) mass is 314 g/mol. The zero-order valence-corrected chi connectivity index (χ0v) is 13.9. The van der Waals surface area contributed by atoms with Crippen molar-refractivity contribution in [2.24, 2.45) is 0 Å². The smallest absolute Gasteiger partial charge is 0.257 e. The van der Waals surface area contributed by atoms with Crippen LogP contribution in [0.5, 0.6) is 0 Å². The minimum atomic E-state index is -0.328. The third-order valence-corrected chi connectivity index (χ3v) is 3.17. The van der Waals surface area contributed by atoms with Crippen LogP contribution in [0, 0.1) is 0 Å². The van der Waals surface area contributed by atoms with Gasteiger partial charge in [-0.05, 0) is 20.8 Å². The van der Waals surface area contributed by atoms with Gasteiger partial charge in [0.15, 0.2) is 0 Å². The number of hydrogen-bond donors (Lipinski definition) is 2. The molecule has 0 aliphatic heterocycles. The van der Waals surface area contributed by atoms with Crippen molar-refractivity contribution in [2.45, 2.75) is 26.3 Å². The van der Waals surface area contributed by atoms with Crippen LogP contribution >= 0.6 is 0 Å². The van der Waals surface area contributed by atoms with Crippen molar-refractivity contribution in [1.82, 2.24) is 20.4 Å². The summed E-state index contributed by atoms with van der Waals surface area (Å²) in [4.78, 5) is 25.9. The van der Waals surface area contributed by atoms with Crippen LogP contribution in [0.15, 0.2) is 36.5 Å². The summed E-state index contributed by atoms with van der Waals surface area (Å²) < 4.78 is 0. The largest absolute Gasteiger partial charge is 0.350 e. The molecular formula is C17H22N4O2. The van der Waals surface area contributed by atoms with Gasteiger partial charge in [-0.2, -0.15) is 5.10 Å². The van der Waals surface area contributed by atoms with E-state index in [2.05, 4.69) is 15.5 Å². The van der Waals surface area contributed by atoms with Crippen LogP contribution in [0.2, 0.25) is 0 Å². The molecule has 1 heterocycles. The van der Waals surface area contributed by atoms with Gasteiger partial charge >= 0.3 is 0 Å². The van der Waals surface area contributed by atoms with E-state index in [1.54, 1.807) is 7.05 Å². The third-order valence-electron chi connectivity index (χ3n) is 3.17. The lowest BCUT2D eigenvalue weighted by Crippen LogP contribution is -2.46. The Morgan fingerprint density at radius 1 is 1.22 bits per heavy atom. The first-order valence-electron chi connectivity index (χ1n) is 7.43. The normalized spacial score (nSPS) is 11.1. The minimum Gasteiger partial charge on any atom is -0.350 e. The second-order valence-corrected chi connectivity index (χ2v) is 6.48. The molecule has 23 heavy (non-hydrogen) atoms. The molecule has 0 radical (unpaired) electrons. The van der Waals surface area contributed by atoms with Gasteiger partial charge in [-0.1, -0.05) is 30.3 Å². The van der Waals surface area contributed by atoms with E-state index in [1.807, 2.05) is 51.1 Å². The Kier molecular flexibility index (Phi) is 4.83. The van der Waals surface area contributed by atoms with Crippen molar-refractivity contribution in [3.63, 3.8) is 0 Å². The lowest BCUT2D eigenvalue weighted by Gasteiger charge is -2.23. The highest BCUT2D eigenvalue weighted by atomic mass is 16.2. The lowest BCUT2D eigenvalue weighted by molar-refractivity contribution is -0.122. The number of aromatic nitrogens is 2. The molecule has 0 aliphatic carbocycles. The number of hydrogen-bond acceptors (Lipinski definition) is 3. The van der Waals surface area contributed by atoms with E-state index in [1.165, 1.54) is 11.1 Å². The van der Waals surface area contributed by atoms with Crippen molar-refractivity contribution >= 4 is 11.8 Å². The number of nitrogens with one attached hydrogen (secondary N) is 2. The summed E-state index contributed by atoms with van der Waals surface area (Å²) in [5, 5.41) is 9.66. The van der Waals surface area contributed by atoms with Gasteiger partial charge in [0, 0.05) is 18.2 Å². The number of H-pyrrole nitrogens is 1. The summed E-state index contributed by atoms with van der Waals surface area (Å²) in [6, 6.07) is 9.49. The number of rotatable bonds is 4. The highest BCUT2D eigenvalue weighted by Crippen LogP contribution is 2.21. The zero-order chi connectivity index (χ0) is 17.0. The average molecular weight is 314 g/mol. The van der Waals surface area contributed by atoms with Gasteiger partial charge in [0.2, 0.25) is 5.91 Å². The average Bonchev–Trinajstić information content (AvgIpc) is 2.94. The molecule has 0 spiro atoms. The maximum Gasteiger partial charge on any atom is 0.257 e. The molecule has 0 saturated carbocycles. The first-order valence-corrected chi connectivity index (χ1v) is 7.43. The van der Waals surface area contributed by atoms with E-state index in [-0.39, 0.29) is 23.9 Å². The maximum absolute atomic E-state index is 12.6. The Bertz CT molecular complexity index is 686. The number of benzene rings is 1. The van der Waals surface area contributed by atoms with Crippen molar-refractivity contribution in [1.29, 1.82) is 0 Å². The zero-order valence-electron chi connectivity index (χ0n) is 13.9.